The lowest BCUT2D eigenvalue weighted by atomic mass is 9.98. The third-order valence-corrected chi connectivity index (χ3v) is 1.92. The minimum Gasteiger partial charge on any atom is -0.399 e. The van der Waals surface area contributed by atoms with Crippen LogP contribution in [0.1, 0.15) is 12.8 Å². The molecule has 0 aromatic rings. The Morgan fingerprint density at radius 3 is 2.69 bits per heavy atom. The molecule has 0 heterocycles. The maximum Gasteiger partial charge on any atom is 0.0241 e. The van der Waals surface area contributed by atoms with Gasteiger partial charge in [-0.15, -0.1) is 0 Å². The summed E-state index contributed by atoms with van der Waals surface area (Å²) in [5.74, 6) is 0. The molecule has 1 aliphatic carbocycles. The van der Waals surface area contributed by atoms with Crippen molar-refractivity contribution in [2.45, 2.75) is 12.8 Å². The monoisotopic (exact) mass is 173 g/mol. The Kier molecular flexibility index (Phi) is 3.32. The summed E-state index contributed by atoms with van der Waals surface area (Å²) < 4.78 is 0. The highest BCUT2D eigenvalue weighted by molar-refractivity contribution is 5.42. The van der Waals surface area contributed by atoms with E-state index in [-0.39, 0.29) is 0 Å². The Morgan fingerprint density at radius 1 is 1.38 bits per heavy atom. The molecule has 0 fully saturated rings. The zero-order chi connectivity index (χ0) is 9.68. The average Bonchev–Trinajstić information content (AvgIpc) is 2.15. The molecule has 0 spiro atoms. The fraction of sp³-hybridized carbons (Fsp3) is 0.167. The van der Waals surface area contributed by atoms with Gasteiger partial charge >= 0.3 is 0 Å². The highest BCUT2D eigenvalue weighted by Gasteiger charge is 2.00. The topological polar surface area (TPSA) is 26.0 Å². The molecule has 0 aromatic carbocycles. The molecule has 0 amide bonds. The highest BCUT2D eigenvalue weighted by atomic mass is 14.5. The molecule has 2 N–H and O–H groups in total. The summed E-state index contributed by atoms with van der Waals surface area (Å²) in [5.41, 5.74) is 8.28. The van der Waals surface area contributed by atoms with E-state index >= 15 is 0 Å². The molecule has 0 aliphatic heterocycles. The van der Waals surface area contributed by atoms with E-state index in [1.54, 1.807) is 6.08 Å². The quantitative estimate of drug-likeness (QED) is 0.652. The van der Waals surface area contributed by atoms with Gasteiger partial charge in [-0.05, 0) is 30.1 Å². The molecule has 0 aromatic heterocycles. The SMILES string of the molecule is C=C(N)/C=C\C(=C)C1=CC=CCC1. The van der Waals surface area contributed by atoms with E-state index in [0.29, 0.717) is 5.70 Å². The van der Waals surface area contributed by atoms with Gasteiger partial charge in [0.1, 0.15) is 0 Å². The van der Waals surface area contributed by atoms with Gasteiger partial charge in [0.25, 0.3) is 0 Å². The van der Waals surface area contributed by atoms with Gasteiger partial charge in [0.2, 0.25) is 0 Å². The van der Waals surface area contributed by atoms with Gasteiger partial charge in [0.05, 0.1) is 0 Å². The summed E-state index contributed by atoms with van der Waals surface area (Å²) >= 11 is 0. The standard InChI is InChI=1S/C12H15N/c1-10(8-9-11(2)13)12-6-4-3-5-7-12/h3-4,6,8-9H,1-2,5,7,13H2/b9-8-. The predicted molar refractivity (Wildman–Crippen MR) is 58.1 cm³/mol. The first-order valence-electron chi connectivity index (χ1n) is 4.37. The van der Waals surface area contributed by atoms with E-state index in [1.165, 1.54) is 5.57 Å². The van der Waals surface area contributed by atoms with Crippen LogP contribution in [-0.2, 0) is 0 Å². The first-order chi connectivity index (χ1) is 6.20. The maximum atomic E-state index is 5.41. The van der Waals surface area contributed by atoms with Gasteiger partial charge in [-0.1, -0.05) is 37.5 Å². The van der Waals surface area contributed by atoms with Crippen molar-refractivity contribution < 1.29 is 0 Å². The summed E-state index contributed by atoms with van der Waals surface area (Å²) in [5, 5.41) is 0. The lowest BCUT2D eigenvalue weighted by Crippen LogP contribution is -1.91. The van der Waals surface area contributed by atoms with E-state index in [4.69, 9.17) is 5.73 Å². The molecular formula is C12H15N. The van der Waals surface area contributed by atoms with Crippen LogP contribution in [0.5, 0.6) is 0 Å². The third-order valence-electron chi connectivity index (χ3n) is 1.92. The molecule has 0 saturated heterocycles. The van der Waals surface area contributed by atoms with Gasteiger partial charge in [-0.25, -0.2) is 0 Å². The van der Waals surface area contributed by atoms with Crippen molar-refractivity contribution in [1.82, 2.24) is 0 Å². The minimum atomic E-state index is 0.563. The number of allylic oxidation sites excluding steroid dienone is 7. The first-order valence-corrected chi connectivity index (χ1v) is 4.37. The third kappa shape index (κ3) is 3.16. The minimum absolute atomic E-state index is 0.563. The summed E-state index contributed by atoms with van der Waals surface area (Å²) in [6, 6.07) is 0. The average molecular weight is 173 g/mol. The van der Waals surface area contributed by atoms with Crippen LogP contribution in [0.4, 0.5) is 0 Å². The second-order valence-corrected chi connectivity index (χ2v) is 3.09. The van der Waals surface area contributed by atoms with E-state index in [1.807, 2.05) is 6.08 Å². The molecule has 13 heavy (non-hydrogen) atoms. The van der Waals surface area contributed by atoms with Crippen LogP contribution < -0.4 is 5.73 Å². The van der Waals surface area contributed by atoms with Gasteiger partial charge in [-0.3, -0.25) is 0 Å². The van der Waals surface area contributed by atoms with Gasteiger partial charge < -0.3 is 5.73 Å². The zero-order valence-electron chi connectivity index (χ0n) is 7.79. The Bertz CT molecular complexity index is 303. The molecule has 0 radical (unpaired) electrons. The van der Waals surface area contributed by atoms with Crippen molar-refractivity contribution in [3.8, 4) is 0 Å². The van der Waals surface area contributed by atoms with Gasteiger partial charge in [0.15, 0.2) is 0 Å². The Morgan fingerprint density at radius 2 is 2.15 bits per heavy atom. The van der Waals surface area contributed by atoms with E-state index < -0.39 is 0 Å². The van der Waals surface area contributed by atoms with Crippen molar-refractivity contribution in [2.24, 2.45) is 5.73 Å². The fourth-order valence-electron chi connectivity index (χ4n) is 1.18. The first kappa shape index (κ1) is 9.59. The van der Waals surface area contributed by atoms with Crippen molar-refractivity contribution in [1.29, 1.82) is 0 Å². The van der Waals surface area contributed by atoms with Gasteiger partial charge in [0, 0.05) is 5.70 Å². The molecule has 0 bridgehead atoms. The largest absolute Gasteiger partial charge is 0.399 e. The lowest BCUT2D eigenvalue weighted by Gasteiger charge is -2.08. The molecule has 0 atom stereocenters. The van der Waals surface area contributed by atoms with Crippen LogP contribution in [0, 0.1) is 0 Å². The molecule has 1 nitrogen and oxygen atoms in total. The number of nitrogens with two attached hydrogens (primary N) is 1. The van der Waals surface area contributed by atoms with E-state index in [2.05, 4.69) is 31.4 Å². The molecular weight excluding hydrogens is 158 g/mol. The normalized spacial score (nSPS) is 15.8. The number of hydrogen-bond acceptors (Lipinski definition) is 1. The highest BCUT2D eigenvalue weighted by Crippen LogP contribution is 2.19. The maximum absolute atomic E-state index is 5.41. The summed E-state index contributed by atoms with van der Waals surface area (Å²) in [7, 11) is 0. The van der Waals surface area contributed by atoms with Crippen LogP contribution in [0.3, 0.4) is 0 Å². The predicted octanol–water partition coefficient (Wildman–Crippen LogP) is 2.85. The second-order valence-electron chi connectivity index (χ2n) is 3.09. The summed E-state index contributed by atoms with van der Waals surface area (Å²) in [6.07, 6.45) is 12.2. The summed E-state index contributed by atoms with van der Waals surface area (Å²) in [4.78, 5) is 0. The van der Waals surface area contributed by atoms with Crippen molar-refractivity contribution in [3.63, 3.8) is 0 Å². The van der Waals surface area contributed by atoms with E-state index in [0.717, 1.165) is 18.4 Å². The number of rotatable bonds is 3. The Labute approximate surface area is 79.6 Å². The van der Waals surface area contributed by atoms with Crippen molar-refractivity contribution in [3.05, 3.63) is 60.4 Å². The Hall–Kier alpha value is -1.50. The van der Waals surface area contributed by atoms with Crippen molar-refractivity contribution in [2.75, 3.05) is 0 Å². The molecule has 1 heteroatoms. The van der Waals surface area contributed by atoms with Crippen LogP contribution in [-0.4, -0.2) is 0 Å². The molecule has 1 aliphatic rings. The smallest absolute Gasteiger partial charge is 0.0241 e. The lowest BCUT2D eigenvalue weighted by molar-refractivity contribution is 0.979. The van der Waals surface area contributed by atoms with Gasteiger partial charge in [-0.2, -0.15) is 0 Å². The molecule has 68 valence electrons. The van der Waals surface area contributed by atoms with Crippen molar-refractivity contribution >= 4 is 0 Å². The van der Waals surface area contributed by atoms with Crippen LogP contribution in [0.2, 0.25) is 0 Å². The Balaban J connectivity index is 2.62. The second kappa shape index (κ2) is 4.51. The zero-order valence-corrected chi connectivity index (χ0v) is 7.79. The summed E-state index contributed by atoms with van der Waals surface area (Å²) in [6.45, 7) is 7.55. The fourth-order valence-corrected chi connectivity index (χ4v) is 1.18. The van der Waals surface area contributed by atoms with Crippen LogP contribution in [0.25, 0.3) is 0 Å². The molecule has 1 rings (SSSR count). The van der Waals surface area contributed by atoms with E-state index in [9.17, 15) is 0 Å². The number of hydrogen-bond donors (Lipinski definition) is 1. The molecule has 0 unspecified atom stereocenters. The van der Waals surface area contributed by atoms with Crippen LogP contribution in [0.15, 0.2) is 60.4 Å². The molecule has 0 saturated carbocycles. The van der Waals surface area contributed by atoms with Crippen LogP contribution >= 0.6 is 0 Å².